The predicted molar refractivity (Wildman–Crippen MR) is 75.0 cm³/mol. The van der Waals surface area contributed by atoms with Crippen molar-refractivity contribution < 1.29 is 4.79 Å². The Morgan fingerprint density at radius 3 is 2.33 bits per heavy atom. The summed E-state index contributed by atoms with van der Waals surface area (Å²) in [6, 6.07) is 5.44. The lowest BCUT2D eigenvalue weighted by molar-refractivity contribution is -0.129. The summed E-state index contributed by atoms with van der Waals surface area (Å²) in [7, 11) is 0. The Bertz CT molecular complexity index is 487. The SMILES string of the molecule is CC(C)(C)C(=O)NC1(c2ccc(Cl)cc2Cl)CC1. The Labute approximate surface area is 118 Å². The van der Waals surface area contributed by atoms with Gasteiger partial charge in [-0.25, -0.2) is 0 Å². The molecule has 0 heterocycles. The number of amides is 1. The number of rotatable bonds is 2. The highest BCUT2D eigenvalue weighted by molar-refractivity contribution is 6.35. The van der Waals surface area contributed by atoms with E-state index in [1.807, 2.05) is 32.9 Å². The fraction of sp³-hybridized carbons (Fsp3) is 0.500. The van der Waals surface area contributed by atoms with Crippen molar-refractivity contribution in [2.24, 2.45) is 5.41 Å². The minimum Gasteiger partial charge on any atom is -0.346 e. The van der Waals surface area contributed by atoms with Crippen molar-refractivity contribution in [3.05, 3.63) is 33.8 Å². The number of halogens is 2. The molecule has 0 aromatic heterocycles. The Hall–Kier alpha value is -0.730. The van der Waals surface area contributed by atoms with E-state index in [9.17, 15) is 4.79 Å². The molecule has 1 aliphatic carbocycles. The maximum absolute atomic E-state index is 12.1. The van der Waals surface area contributed by atoms with Crippen LogP contribution in [0.2, 0.25) is 10.0 Å². The summed E-state index contributed by atoms with van der Waals surface area (Å²) in [6.45, 7) is 5.71. The van der Waals surface area contributed by atoms with E-state index < -0.39 is 5.41 Å². The molecule has 1 amide bonds. The summed E-state index contributed by atoms with van der Waals surface area (Å²) in [5, 5.41) is 4.35. The lowest BCUT2D eigenvalue weighted by Crippen LogP contribution is -2.41. The third-order valence-corrected chi connectivity index (χ3v) is 3.78. The van der Waals surface area contributed by atoms with Crippen LogP contribution in [0.1, 0.15) is 39.2 Å². The van der Waals surface area contributed by atoms with Crippen LogP contribution in [0.3, 0.4) is 0 Å². The molecule has 0 atom stereocenters. The first kappa shape index (κ1) is 13.7. The summed E-state index contributed by atoms with van der Waals surface area (Å²) in [5.41, 5.74) is 0.284. The van der Waals surface area contributed by atoms with Gasteiger partial charge in [0.15, 0.2) is 0 Å². The summed E-state index contributed by atoms with van der Waals surface area (Å²) >= 11 is 12.1. The standard InChI is InChI=1S/C14H17Cl2NO/c1-13(2,3)12(18)17-14(6-7-14)10-5-4-9(15)8-11(10)16/h4-5,8H,6-7H2,1-3H3,(H,17,18). The fourth-order valence-corrected chi connectivity index (χ4v) is 2.46. The molecule has 2 rings (SSSR count). The molecule has 4 heteroatoms. The smallest absolute Gasteiger partial charge is 0.226 e. The molecule has 0 radical (unpaired) electrons. The molecular weight excluding hydrogens is 269 g/mol. The van der Waals surface area contributed by atoms with Crippen LogP contribution in [0.25, 0.3) is 0 Å². The van der Waals surface area contributed by atoms with Crippen LogP contribution in [0.5, 0.6) is 0 Å². The van der Waals surface area contributed by atoms with Crippen LogP contribution in [0, 0.1) is 5.41 Å². The summed E-state index contributed by atoms with van der Waals surface area (Å²) in [5.74, 6) is 0.0472. The normalized spacial score (nSPS) is 17.4. The van der Waals surface area contributed by atoms with E-state index in [0.29, 0.717) is 10.0 Å². The molecule has 18 heavy (non-hydrogen) atoms. The number of hydrogen-bond donors (Lipinski definition) is 1. The first-order valence-electron chi connectivity index (χ1n) is 6.03. The highest BCUT2D eigenvalue weighted by Gasteiger charge is 2.48. The highest BCUT2D eigenvalue weighted by Crippen LogP contribution is 2.48. The second-order valence-corrected chi connectivity index (χ2v) is 6.75. The second-order valence-electron chi connectivity index (χ2n) is 5.91. The Balaban J connectivity index is 2.25. The first-order chi connectivity index (χ1) is 8.24. The van der Waals surface area contributed by atoms with Crippen LogP contribution in [0.4, 0.5) is 0 Å². The second kappa shape index (κ2) is 4.43. The lowest BCUT2D eigenvalue weighted by atomic mass is 9.94. The van der Waals surface area contributed by atoms with Gasteiger partial charge in [-0.2, -0.15) is 0 Å². The van der Waals surface area contributed by atoms with Gasteiger partial charge in [0, 0.05) is 15.5 Å². The number of carbonyl (C=O) groups is 1. The molecule has 1 saturated carbocycles. The number of nitrogens with one attached hydrogen (secondary N) is 1. The molecule has 2 nitrogen and oxygen atoms in total. The zero-order valence-corrected chi connectivity index (χ0v) is 12.3. The van der Waals surface area contributed by atoms with Crippen molar-refractivity contribution in [2.45, 2.75) is 39.2 Å². The lowest BCUT2D eigenvalue weighted by Gasteiger charge is -2.25. The van der Waals surface area contributed by atoms with E-state index in [1.165, 1.54) is 0 Å². The Morgan fingerprint density at radius 1 is 1.28 bits per heavy atom. The minimum absolute atomic E-state index is 0.0472. The number of hydrogen-bond acceptors (Lipinski definition) is 1. The van der Waals surface area contributed by atoms with Crippen molar-refractivity contribution >= 4 is 29.1 Å². The van der Waals surface area contributed by atoms with Crippen LogP contribution >= 0.6 is 23.2 Å². The summed E-state index contributed by atoms with van der Waals surface area (Å²) in [4.78, 5) is 12.1. The molecule has 0 spiro atoms. The third kappa shape index (κ3) is 2.65. The van der Waals surface area contributed by atoms with Crippen molar-refractivity contribution in [1.82, 2.24) is 5.32 Å². The fourth-order valence-electron chi connectivity index (χ4n) is 1.87. The Kier molecular flexibility index (Phi) is 3.37. The monoisotopic (exact) mass is 285 g/mol. The zero-order chi connectivity index (χ0) is 13.6. The predicted octanol–water partition coefficient (Wildman–Crippen LogP) is 4.14. The molecule has 1 N–H and O–H groups in total. The maximum Gasteiger partial charge on any atom is 0.226 e. The Morgan fingerprint density at radius 2 is 1.89 bits per heavy atom. The van der Waals surface area contributed by atoms with Crippen molar-refractivity contribution in [2.75, 3.05) is 0 Å². The van der Waals surface area contributed by atoms with Gasteiger partial charge in [0.1, 0.15) is 0 Å². The van der Waals surface area contributed by atoms with Gasteiger partial charge >= 0.3 is 0 Å². The molecule has 1 aromatic rings. The average molecular weight is 286 g/mol. The molecule has 1 aliphatic rings. The largest absolute Gasteiger partial charge is 0.346 e. The molecule has 0 unspecified atom stereocenters. The summed E-state index contributed by atoms with van der Waals surface area (Å²) < 4.78 is 0. The summed E-state index contributed by atoms with van der Waals surface area (Å²) in [6.07, 6.45) is 1.85. The van der Waals surface area contributed by atoms with Crippen molar-refractivity contribution in [1.29, 1.82) is 0 Å². The van der Waals surface area contributed by atoms with Gasteiger partial charge in [-0.15, -0.1) is 0 Å². The zero-order valence-electron chi connectivity index (χ0n) is 10.8. The molecule has 1 aromatic carbocycles. The van der Waals surface area contributed by atoms with Gasteiger partial charge in [-0.1, -0.05) is 50.0 Å². The van der Waals surface area contributed by atoms with Gasteiger partial charge in [0.2, 0.25) is 5.91 Å². The molecule has 1 fully saturated rings. The van der Waals surface area contributed by atoms with E-state index in [2.05, 4.69) is 5.32 Å². The number of benzene rings is 1. The van der Waals surface area contributed by atoms with Gasteiger partial charge in [-0.3, -0.25) is 4.79 Å². The van der Waals surface area contributed by atoms with Gasteiger partial charge in [-0.05, 0) is 30.5 Å². The van der Waals surface area contributed by atoms with Crippen LogP contribution in [-0.4, -0.2) is 5.91 Å². The van der Waals surface area contributed by atoms with Crippen molar-refractivity contribution in [3.63, 3.8) is 0 Å². The molecule has 0 aliphatic heterocycles. The van der Waals surface area contributed by atoms with Crippen molar-refractivity contribution in [3.8, 4) is 0 Å². The molecule has 0 bridgehead atoms. The molecule has 98 valence electrons. The van der Waals surface area contributed by atoms with E-state index in [-0.39, 0.29) is 11.4 Å². The van der Waals surface area contributed by atoms with E-state index in [1.54, 1.807) is 6.07 Å². The van der Waals surface area contributed by atoms with E-state index >= 15 is 0 Å². The highest BCUT2D eigenvalue weighted by atomic mass is 35.5. The first-order valence-corrected chi connectivity index (χ1v) is 6.78. The van der Waals surface area contributed by atoms with Gasteiger partial charge < -0.3 is 5.32 Å². The minimum atomic E-state index is -0.394. The van der Waals surface area contributed by atoms with Crippen LogP contribution in [-0.2, 0) is 10.3 Å². The van der Waals surface area contributed by atoms with Crippen LogP contribution in [0.15, 0.2) is 18.2 Å². The molecule has 0 saturated heterocycles. The van der Waals surface area contributed by atoms with E-state index in [4.69, 9.17) is 23.2 Å². The number of carbonyl (C=O) groups excluding carboxylic acids is 1. The third-order valence-electron chi connectivity index (χ3n) is 3.23. The van der Waals surface area contributed by atoms with Gasteiger partial charge in [0.25, 0.3) is 0 Å². The van der Waals surface area contributed by atoms with Crippen LogP contribution < -0.4 is 5.32 Å². The van der Waals surface area contributed by atoms with E-state index in [0.717, 1.165) is 18.4 Å². The molecular formula is C14H17Cl2NO. The van der Waals surface area contributed by atoms with Gasteiger partial charge in [0.05, 0.1) is 5.54 Å². The topological polar surface area (TPSA) is 29.1 Å². The maximum atomic E-state index is 12.1. The quantitative estimate of drug-likeness (QED) is 0.869. The average Bonchev–Trinajstić information content (AvgIpc) is 2.96.